The summed E-state index contributed by atoms with van der Waals surface area (Å²) >= 11 is 0. The van der Waals surface area contributed by atoms with E-state index in [-0.39, 0.29) is 11.5 Å². The molecule has 0 unspecified atom stereocenters. The van der Waals surface area contributed by atoms with Gasteiger partial charge in [-0.1, -0.05) is 12.1 Å². The van der Waals surface area contributed by atoms with Crippen LogP contribution in [0.15, 0.2) is 39.0 Å². The zero-order valence-electron chi connectivity index (χ0n) is 9.86. The largest absolute Gasteiger partial charge is 0.342 e. The zero-order valence-corrected chi connectivity index (χ0v) is 9.86. The first-order valence-corrected chi connectivity index (χ1v) is 5.29. The van der Waals surface area contributed by atoms with Gasteiger partial charge in [0.25, 0.3) is 11.2 Å². The quantitative estimate of drug-likeness (QED) is 0.400. The van der Waals surface area contributed by atoms with Crippen molar-refractivity contribution in [3.8, 4) is 0 Å². The number of nitro groups is 1. The summed E-state index contributed by atoms with van der Waals surface area (Å²) in [7, 11) is 0. The molecule has 10 heteroatoms. The highest BCUT2D eigenvalue weighted by Crippen LogP contribution is 2.11. The van der Waals surface area contributed by atoms with E-state index in [9.17, 15) is 19.7 Å². The first-order valence-electron chi connectivity index (χ1n) is 5.29. The fraction of sp³-hybridized carbons (Fsp3) is 0. The number of nitrogens with one attached hydrogen (secondary N) is 3. The fourth-order valence-corrected chi connectivity index (χ4v) is 1.31. The predicted octanol–water partition coefficient (Wildman–Crippen LogP) is -0.188. The monoisotopic (exact) mass is 276 g/mol. The number of aromatic nitrogens is 3. The molecular formula is C10H8N6O4. The smallest absolute Gasteiger partial charge is 0.270 e. The number of benzene rings is 1. The number of hydrazone groups is 1. The van der Waals surface area contributed by atoms with Gasteiger partial charge in [-0.2, -0.15) is 5.10 Å². The van der Waals surface area contributed by atoms with Crippen LogP contribution >= 0.6 is 0 Å². The first kappa shape index (κ1) is 13.1. The van der Waals surface area contributed by atoms with E-state index in [4.69, 9.17) is 0 Å². The van der Waals surface area contributed by atoms with Crippen molar-refractivity contribution in [2.45, 2.75) is 0 Å². The molecule has 20 heavy (non-hydrogen) atoms. The molecule has 1 aromatic carbocycles. The van der Waals surface area contributed by atoms with Crippen LogP contribution in [0.1, 0.15) is 5.56 Å². The fourth-order valence-electron chi connectivity index (χ4n) is 1.31. The molecule has 0 spiro atoms. The SMILES string of the molecule is O=c1[nH]nc(N/N=C\c2cccc([N+](=O)[O-])c2)c(=O)[nH]1. The van der Waals surface area contributed by atoms with Crippen molar-refractivity contribution >= 4 is 17.7 Å². The van der Waals surface area contributed by atoms with Gasteiger partial charge in [0.05, 0.1) is 11.1 Å². The number of rotatable bonds is 4. The van der Waals surface area contributed by atoms with Crippen LogP contribution < -0.4 is 16.7 Å². The van der Waals surface area contributed by atoms with E-state index in [1.807, 2.05) is 10.1 Å². The van der Waals surface area contributed by atoms with Gasteiger partial charge in [0.15, 0.2) is 0 Å². The van der Waals surface area contributed by atoms with E-state index in [2.05, 4.69) is 15.6 Å². The zero-order chi connectivity index (χ0) is 14.5. The Bertz CT molecular complexity index is 778. The molecule has 0 atom stereocenters. The van der Waals surface area contributed by atoms with Crippen LogP contribution in [0.4, 0.5) is 11.5 Å². The van der Waals surface area contributed by atoms with Crippen molar-refractivity contribution in [3.05, 3.63) is 60.8 Å². The summed E-state index contributed by atoms with van der Waals surface area (Å²) in [6, 6.07) is 5.77. The maximum atomic E-state index is 11.3. The molecule has 0 fully saturated rings. The van der Waals surface area contributed by atoms with Gasteiger partial charge in [-0.3, -0.25) is 25.3 Å². The van der Waals surface area contributed by atoms with E-state index in [0.717, 1.165) is 0 Å². The minimum Gasteiger partial charge on any atom is -0.270 e. The summed E-state index contributed by atoms with van der Waals surface area (Å²) in [6.07, 6.45) is 1.28. The van der Waals surface area contributed by atoms with Crippen LogP contribution in [0.5, 0.6) is 0 Å². The molecule has 102 valence electrons. The Morgan fingerprint density at radius 3 is 2.90 bits per heavy atom. The van der Waals surface area contributed by atoms with Crippen LogP contribution in [0, 0.1) is 10.1 Å². The second kappa shape index (κ2) is 5.56. The lowest BCUT2D eigenvalue weighted by atomic mass is 10.2. The van der Waals surface area contributed by atoms with Gasteiger partial charge in [-0.05, 0) is 0 Å². The number of H-pyrrole nitrogens is 2. The highest BCUT2D eigenvalue weighted by Gasteiger charge is 2.04. The van der Waals surface area contributed by atoms with Crippen molar-refractivity contribution in [1.82, 2.24) is 15.2 Å². The molecule has 0 aliphatic carbocycles. The van der Waals surface area contributed by atoms with E-state index in [1.54, 1.807) is 6.07 Å². The number of hydrogen-bond acceptors (Lipinski definition) is 7. The Kier molecular flexibility index (Phi) is 3.65. The number of anilines is 1. The molecule has 0 bridgehead atoms. The number of nitro benzene ring substituents is 1. The van der Waals surface area contributed by atoms with Crippen molar-refractivity contribution < 1.29 is 4.92 Å². The third-order valence-corrected chi connectivity index (χ3v) is 2.18. The first-order chi connectivity index (χ1) is 9.56. The molecule has 0 saturated heterocycles. The van der Waals surface area contributed by atoms with Gasteiger partial charge in [0, 0.05) is 17.7 Å². The van der Waals surface area contributed by atoms with Gasteiger partial charge in [-0.25, -0.2) is 9.89 Å². The highest BCUT2D eigenvalue weighted by molar-refractivity contribution is 5.81. The Hall–Kier alpha value is -3.30. The van der Waals surface area contributed by atoms with E-state index >= 15 is 0 Å². The summed E-state index contributed by atoms with van der Waals surface area (Å²) in [6.45, 7) is 0. The Labute approximate surface area is 110 Å². The Morgan fingerprint density at radius 2 is 2.20 bits per heavy atom. The third kappa shape index (κ3) is 3.13. The molecule has 0 aliphatic heterocycles. The van der Waals surface area contributed by atoms with Gasteiger partial charge in [-0.15, -0.1) is 5.10 Å². The van der Waals surface area contributed by atoms with Crippen LogP contribution in [0.3, 0.4) is 0 Å². The Morgan fingerprint density at radius 1 is 1.40 bits per heavy atom. The number of aromatic amines is 2. The van der Waals surface area contributed by atoms with Crippen LogP contribution in [-0.4, -0.2) is 26.3 Å². The summed E-state index contributed by atoms with van der Waals surface area (Å²) in [5.74, 6) is -0.203. The molecular weight excluding hydrogens is 268 g/mol. The average Bonchev–Trinajstić information content (AvgIpc) is 2.41. The van der Waals surface area contributed by atoms with Crippen LogP contribution in [-0.2, 0) is 0 Å². The molecule has 0 aliphatic rings. The van der Waals surface area contributed by atoms with Gasteiger partial charge in [0.1, 0.15) is 0 Å². The van der Waals surface area contributed by atoms with E-state index < -0.39 is 16.2 Å². The third-order valence-electron chi connectivity index (χ3n) is 2.18. The molecule has 0 saturated carbocycles. The summed E-state index contributed by atoms with van der Waals surface area (Å²) in [4.78, 5) is 34.0. The lowest BCUT2D eigenvalue weighted by Gasteiger charge is -1.96. The minimum atomic E-state index is -0.733. The number of hydrogen-bond donors (Lipinski definition) is 3. The van der Waals surface area contributed by atoms with Crippen LogP contribution in [0.2, 0.25) is 0 Å². The highest BCUT2D eigenvalue weighted by atomic mass is 16.6. The standard InChI is InChI=1S/C10H8N6O4/c17-9-8(14-15-10(18)12-9)13-11-5-6-2-1-3-7(4-6)16(19)20/h1-5H,(H,13,14)(H2,12,15,17,18)/b11-5-. The summed E-state index contributed by atoms with van der Waals surface area (Å²) in [5, 5.41) is 19.7. The van der Waals surface area contributed by atoms with Crippen molar-refractivity contribution in [1.29, 1.82) is 0 Å². The van der Waals surface area contributed by atoms with Crippen molar-refractivity contribution in [2.75, 3.05) is 5.43 Å². The molecule has 2 rings (SSSR count). The van der Waals surface area contributed by atoms with E-state index in [1.165, 1.54) is 24.4 Å². The molecule has 3 N–H and O–H groups in total. The molecule has 1 heterocycles. The molecule has 0 radical (unpaired) electrons. The molecule has 10 nitrogen and oxygen atoms in total. The second-order valence-electron chi connectivity index (χ2n) is 3.58. The predicted molar refractivity (Wildman–Crippen MR) is 69.8 cm³/mol. The van der Waals surface area contributed by atoms with Crippen LogP contribution in [0.25, 0.3) is 0 Å². The number of nitrogens with zero attached hydrogens (tertiary/aromatic N) is 3. The topological polar surface area (TPSA) is 146 Å². The maximum Gasteiger partial charge on any atom is 0.342 e. The molecule has 2 aromatic rings. The summed E-state index contributed by atoms with van der Waals surface area (Å²) < 4.78 is 0. The van der Waals surface area contributed by atoms with Gasteiger partial charge < -0.3 is 0 Å². The maximum absolute atomic E-state index is 11.3. The van der Waals surface area contributed by atoms with E-state index in [0.29, 0.717) is 5.56 Å². The molecule has 1 aromatic heterocycles. The normalized spacial score (nSPS) is 10.6. The lowest BCUT2D eigenvalue weighted by Crippen LogP contribution is -2.25. The second-order valence-corrected chi connectivity index (χ2v) is 3.58. The average molecular weight is 276 g/mol. The van der Waals surface area contributed by atoms with Gasteiger partial charge >= 0.3 is 5.69 Å². The lowest BCUT2D eigenvalue weighted by molar-refractivity contribution is -0.384. The Balaban J connectivity index is 2.14. The minimum absolute atomic E-state index is 0.0750. The molecule has 0 amide bonds. The summed E-state index contributed by atoms with van der Waals surface area (Å²) in [5.41, 5.74) is 1.24. The van der Waals surface area contributed by atoms with Crippen molar-refractivity contribution in [3.63, 3.8) is 0 Å². The number of non-ortho nitro benzene ring substituents is 1. The van der Waals surface area contributed by atoms with Crippen molar-refractivity contribution in [2.24, 2.45) is 5.10 Å². The van der Waals surface area contributed by atoms with Gasteiger partial charge in [0.2, 0.25) is 5.82 Å².